The molecule has 0 bridgehead atoms. The molecule has 3 fully saturated rings. The standard InChI is InChI=1S/C28H34F2N4.C28H37N5O.C28H34N4O3/c1-2-34(20-23-8-5-12-31-18-23)19-22-7-3-9-24(14-22)27-11-13-32-28(33-27)10-4-6-21-15-25(29)17-26(30)16-21;1-2-32(19-20-33-17-15-29-16-18-33)22-24-6-3-7-25(21-24)27-13-14-30-28(31-27)8-4-5-23-9-11-26(34)12-10-23;1-3-32(23-17-26(30-18-23)28(34)35-2)19-21-7-4-8-22(16-21)25-14-15-29-27(31-25)9-5-6-20-10-12-24(33)13-11-20/h3,7,9,11,13-17,23,31H,2,4-6,8,10,12,18-20H2,1H3;3,6-7,9-14,21,29,34H,2,4-5,8,15-20,22H2,1H3;4,7-8,10-16,23,26,30,33H,3,5-6,9,17-19H2,1-2H3/t23-;;23-,26-/m1.0/s1. The van der Waals surface area contributed by atoms with Crippen molar-refractivity contribution in [3.63, 3.8) is 0 Å². The molecule has 3 aliphatic heterocycles. The van der Waals surface area contributed by atoms with Gasteiger partial charge in [0, 0.05) is 139 Å². The highest BCUT2D eigenvalue weighted by atomic mass is 19.1. The first-order valence-electron chi connectivity index (χ1n) is 37.2. The Morgan fingerprint density at radius 2 is 1.02 bits per heavy atom. The number of nitrogens with zero attached hydrogens (tertiary/aromatic N) is 10. The van der Waals surface area contributed by atoms with Crippen LogP contribution in [0.25, 0.3) is 33.8 Å². The van der Waals surface area contributed by atoms with Crippen molar-refractivity contribution in [2.24, 2.45) is 5.92 Å². The normalized spacial score (nSPS) is 16.1. The molecule has 19 heteroatoms. The van der Waals surface area contributed by atoms with Crippen LogP contribution in [0.3, 0.4) is 0 Å². The number of methoxy groups -OCH3 is 1. The second-order valence-electron chi connectivity index (χ2n) is 27.3. The van der Waals surface area contributed by atoms with E-state index in [0.29, 0.717) is 35.9 Å². The second kappa shape index (κ2) is 40.9. The van der Waals surface area contributed by atoms with Gasteiger partial charge in [-0.25, -0.2) is 38.7 Å². The third-order valence-corrected chi connectivity index (χ3v) is 19.6. The van der Waals surface area contributed by atoms with Gasteiger partial charge in [-0.2, -0.15) is 0 Å². The minimum absolute atomic E-state index is 0.187. The molecule has 6 aromatic carbocycles. The van der Waals surface area contributed by atoms with Crippen molar-refractivity contribution >= 4 is 5.97 Å². The predicted octanol–water partition coefficient (Wildman–Crippen LogP) is 12.9. The molecule has 9 aromatic rings. The summed E-state index contributed by atoms with van der Waals surface area (Å²) < 4.78 is 31.7. The number of aryl methyl sites for hydroxylation is 6. The molecule has 0 amide bonds. The van der Waals surface area contributed by atoms with Crippen molar-refractivity contribution in [1.82, 2.24) is 65.5 Å². The Morgan fingerprint density at radius 3 is 1.49 bits per heavy atom. The van der Waals surface area contributed by atoms with Crippen LogP contribution in [0, 0.1) is 17.6 Å². The van der Waals surface area contributed by atoms with Crippen LogP contribution in [0.2, 0.25) is 0 Å². The van der Waals surface area contributed by atoms with E-state index < -0.39 is 11.6 Å². The van der Waals surface area contributed by atoms with Gasteiger partial charge in [0.05, 0.1) is 24.2 Å². The molecule has 6 heterocycles. The molecular formula is C84H105F2N13O4. The average Bonchev–Trinajstić information content (AvgIpc) is 1.82. The Balaban J connectivity index is 0.000000166. The van der Waals surface area contributed by atoms with Gasteiger partial charge in [-0.15, -0.1) is 0 Å². The highest BCUT2D eigenvalue weighted by Crippen LogP contribution is 2.26. The summed E-state index contributed by atoms with van der Waals surface area (Å²) in [7, 11) is 1.44. The van der Waals surface area contributed by atoms with Crippen molar-refractivity contribution in [1.29, 1.82) is 0 Å². The zero-order chi connectivity index (χ0) is 72.0. The summed E-state index contributed by atoms with van der Waals surface area (Å²) >= 11 is 0. The van der Waals surface area contributed by atoms with Crippen LogP contribution in [0.1, 0.15) is 110 Å². The number of ether oxygens (including phenoxy) is 1. The minimum Gasteiger partial charge on any atom is -0.508 e. The second-order valence-corrected chi connectivity index (χ2v) is 27.3. The molecule has 544 valence electrons. The number of piperazine rings is 1. The third-order valence-electron chi connectivity index (χ3n) is 19.6. The third kappa shape index (κ3) is 25.3. The van der Waals surface area contributed by atoms with Crippen molar-refractivity contribution in [3.05, 3.63) is 239 Å². The predicted molar refractivity (Wildman–Crippen MR) is 406 cm³/mol. The fraction of sp³-hybridized carbons (Fsp3) is 0.417. The number of aromatic hydroxyl groups is 2. The number of benzene rings is 6. The highest BCUT2D eigenvalue weighted by molar-refractivity contribution is 5.76. The van der Waals surface area contributed by atoms with Gasteiger partial charge in [0.1, 0.15) is 46.6 Å². The molecule has 0 aliphatic carbocycles. The van der Waals surface area contributed by atoms with Crippen molar-refractivity contribution in [2.75, 3.05) is 92.2 Å². The van der Waals surface area contributed by atoms with Gasteiger partial charge in [-0.05, 0) is 203 Å². The summed E-state index contributed by atoms with van der Waals surface area (Å²) in [6.45, 7) is 23.2. The first-order chi connectivity index (χ1) is 50.3. The van der Waals surface area contributed by atoms with E-state index in [2.05, 4.69) is 144 Å². The molecule has 12 rings (SSSR count). The summed E-state index contributed by atoms with van der Waals surface area (Å²) in [6, 6.07) is 50.3. The Bertz CT molecular complexity index is 4010. The number of likely N-dealkylation sites (N-methyl/N-ethyl adjacent to an activating group) is 2. The Hall–Kier alpha value is -8.79. The van der Waals surface area contributed by atoms with Crippen LogP contribution in [-0.2, 0) is 67.7 Å². The fourth-order valence-electron chi connectivity index (χ4n) is 13.8. The van der Waals surface area contributed by atoms with E-state index in [1.54, 1.807) is 30.5 Å². The van der Waals surface area contributed by atoms with Crippen LogP contribution in [0.5, 0.6) is 11.5 Å². The molecule has 103 heavy (non-hydrogen) atoms. The van der Waals surface area contributed by atoms with E-state index in [1.807, 2.05) is 54.9 Å². The Labute approximate surface area is 608 Å². The first-order valence-corrected chi connectivity index (χ1v) is 37.2. The number of nitrogens with one attached hydrogen (secondary N) is 3. The zero-order valence-electron chi connectivity index (χ0n) is 60.7. The van der Waals surface area contributed by atoms with E-state index >= 15 is 0 Å². The maximum atomic E-state index is 13.4. The largest absolute Gasteiger partial charge is 0.508 e. The molecule has 0 saturated carbocycles. The number of phenols is 2. The first kappa shape index (κ1) is 76.8. The zero-order valence-corrected chi connectivity index (χ0v) is 60.7. The van der Waals surface area contributed by atoms with E-state index in [-0.39, 0.29) is 12.0 Å². The summed E-state index contributed by atoms with van der Waals surface area (Å²) in [6.07, 6.45) is 16.2. The molecule has 3 atom stereocenters. The van der Waals surface area contributed by atoms with E-state index in [0.717, 1.165) is 219 Å². The van der Waals surface area contributed by atoms with Crippen LogP contribution >= 0.6 is 0 Å². The SMILES string of the molecule is CCN(CCN1CCNCC1)Cc1cccc(-c2ccnc(CCCc3ccc(O)cc3)n2)c1.CCN(Cc1cccc(-c2ccnc(CCCc3cc(F)cc(F)c3)n2)c1)C[C@@H]1CCCNC1.CCN(Cc1cccc(-c2ccnc(CCCc3ccc(O)cc3)n2)c1)[C@@H]1CN[C@H](C(=O)OC)C1. The number of esters is 1. The minimum atomic E-state index is -0.537. The number of hydrogen-bond acceptors (Lipinski definition) is 17. The molecular weight excluding hydrogens is 1290 g/mol. The van der Waals surface area contributed by atoms with Gasteiger partial charge in [0.2, 0.25) is 0 Å². The number of phenolic OH excluding ortho intramolecular Hbond substituents is 2. The van der Waals surface area contributed by atoms with Gasteiger partial charge in [-0.1, -0.05) is 99.6 Å². The van der Waals surface area contributed by atoms with E-state index in [1.165, 1.54) is 59.9 Å². The Morgan fingerprint density at radius 1 is 0.534 bits per heavy atom. The Kier molecular flexibility index (Phi) is 30.5. The monoisotopic (exact) mass is 1400 g/mol. The fourth-order valence-corrected chi connectivity index (χ4v) is 13.8. The quantitative estimate of drug-likeness (QED) is 0.0257. The summed E-state index contributed by atoms with van der Waals surface area (Å²) in [5.74, 6) is 2.54. The van der Waals surface area contributed by atoms with Crippen LogP contribution in [-0.4, -0.2) is 170 Å². The summed E-state index contributed by atoms with van der Waals surface area (Å²) in [5.41, 5.74) is 13.1. The van der Waals surface area contributed by atoms with E-state index in [4.69, 9.17) is 19.7 Å². The van der Waals surface area contributed by atoms with Gasteiger partial charge in [-0.3, -0.25) is 24.4 Å². The number of carbonyl (C=O) groups excluding carboxylic acids is 1. The van der Waals surface area contributed by atoms with Crippen molar-refractivity contribution in [3.8, 4) is 45.3 Å². The molecule has 0 radical (unpaired) electrons. The molecule has 0 unspecified atom stereocenters. The van der Waals surface area contributed by atoms with E-state index in [9.17, 15) is 23.8 Å². The molecule has 3 aromatic heterocycles. The van der Waals surface area contributed by atoms with Gasteiger partial charge in [0.25, 0.3) is 0 Å². The van der Waals surface area contributed by atoms with Crippen molar-refractivity contribution < 1.29 is 28.5 Å². The lowest BCUT2D eigenvalue weighted by atomic mass is 9.98. The molecule has 3 saturated heterocycles. The average molecular weight is 1400 g/mol. The summed E-state index contributed by atoms with van der Waals surface area (Å²) in [5, 5.41) is 29.1. The lowest BCUT2D eigenvalue weighted by Gasteiger charge is -2.30. The number of carbonyl (C=O) groups is 1. The number of halogens is 2. The number of aromatic nitrogens is 6. The lowest BCUT2D eigenvalue weighted by Crippen LogP contribution is -2.46. The van der Waals surface area contributed by atoms with Gasteiger partial charge in [0.15, 0.2) is 0 Å². The number of piperidine rings is 1. The van der Waals surface area contributed by atoms with Crippen LogP contribution in [0.15, 0.2) is 176 Å². The maximum absolute atomic E-state index is 13.4. The van der Waals surface area contributed by atoms with Crippen LogP contribution in [0.4, 0.5) is 8.78 Å². The smallest absolute Gasteiger partial charge is 0.322 e. The lowest BCUT2D eigenvalue weighted by molar-refractivity contribution is -0.142. The van der Waals surface area contributed by atoms with Crippen molar-refractivity contribution in [2.45, 2.75) is 130 Å². The van der Waals surface area contributed by atoms with Gasteiger partial charge >= 0.3 is 5.97 Å². The van der Waals surface area contributed by atoms with Crippen LogP contribution < -0.4 is 16.0 Å². The molecule has 0 spiro atoms. The molecule has 17 nitrogen and oxygen atoms in total. The topological polar surface area (TPSA) is 193 Å². The number of hydrogen-bond donors (Lipinski definition) is 5. The molecule has 5 N–H and O–H groups in total. The maximum Gasteiger partial charge on any atom is 0.322 e. The van der Waals surface area contributed by atoms with Gasteiger partial charge < -0.3 is 30.9 Å². The highest BCUT2D eigenvalue weighted by Gasteiger charge is 2.33. The number of rotatable bonds is 31. The molecule has 3 aliphatic rings. The summed E-state index contributed by atoms with van der Waals surface area (Å²) in [4.78, 5) is 49.7.